The molecule has 2 heterocycles. The number of carboxylic acids is 1. The number of pyridine rings is 1. The van der Waals surface area contributed by atoms with Crippen LogP contribution in [0.4, 0.5) is 19.1 Å². The number of benzene rings is 2. The number of aromatic nitrogens is 3. The molecule has 0 amide bonds. The summed E-state index contributed by atoms with van der Waals surface area (Å²) in [5.41, 5.74) is 1.03. The third kappa shape index (κ3) is 7.79. The number of carboxylic acid groups (broad SMARTS) is 1. The fraction of sp³-hybridized carbons (Fsp3) is 0.333. The van der Waals surface area contributed by atoms with Crippen LogP contribution in [0.15, 0.2) is 59.7 Å². The predicted molar refractivity (Wildman–Crippen MR) is 161 cm³/mol. The van der Waals surface area contributed by atoms with E-state index in [-0.39, 0.29) is 29.3 Å². The van der Waals surface area contributed by atoms with Crippen molar-refractivity contribution in [2.24, 2.45) is 0 Å². The largest absolute Gasteiger partial charge is 0.497 e. The summed E-state index contributed by atoms with van der Waals surface area (Å²) in [6, 6.07) is 11.9. The van der Waals surface area contributed by atoms with Crippen LogP contribution in [0.5, 0.6) is 5.75 Å². The first-order valence-electron chi connectivity index (χ1n) is 13.5. The molecule has 228 valence electrons. The molecule has 2 aromatic carbocycles. The number of rotatable bonds is 11. The van der Waals surface area contributed by atoms with Crippen LogP contribution in [0.2, 0.25) is 25.7 Å². The number of nitrogens with zero attached hydrogens (tertiary/aromatic N) is 4. The SMILES string of the molecule is COc1ccc(-n2cc3cnc(N(COCC[Si](C)(C)C)CC(F)(F)F)nc3c(-c3ccc(C(=O)O)c(C)c3)c2=O)cc1. The van der Waals surface area contributed by atoms with Crippen molar-refractivity contribution in [2.45, 2.75) is 38.8 Å². The number of carbonyl (C=O) groups is 1. The van der Waals surface area contributed by atoms with Gasteiger partial charge in [0.1, 0.15) is 19.0 Å². The average Bonchev–Trinajstić information content (AvgIpc) is 2.92. The number of hydrogen-bond donors (Lipinski definition) is 1. The Labute approximate surface area is 247 Å². The number of alkyl halides is 3. The number of fused-ring (bicyclic) bond motifs is 1. The Morgan fingerprint density at radius 2 is 1.81 bits per heavy atom. The van der Waals surface area contributed by atoms with Gasteiger partial charge in [0.2, 0.25) is 5.95 Å². The lowest BCUT2D eigenvalue weighted by Crippen LogP contribution is -2.37. The van der Waals surface area contributed by atoms with Gasteiger partial charge < -0.3 is 19.5 Å². The molecule has 43 heavy (non-hydrogen) atoms. The number of aryl methyl sites for hydroxylation is 1. The Morgan fingerprint density at radius 3 is 2.40 bits per heavy atom. The van der Waals surface area contributed by atoms with E-state index >= 15 is 0 Å². The van der Waals surface area contributed by atoms with Gasteiger partial charge in [-0.25, -0.2) is 14.8 Å². The first-order chi connectivity index (χ1) is 20.2. The van der Waals surface area contributed by atoms with E-state index in [1.807, 2.05) is 0 Å². The van der Waals surface area contributed by atoms with Crippen molar-refractivity contribution in [1.82, 2.24) is 14.5 Å². The van der Waals surface area contributed by atoms with Crippen LogP contribution in [0, 0.1) is 6.92 Å². The lowest BCUT2D eigenvalue weighted by Gasteiger charge is -2.25. The van der Waals surface area contributed by atoms with Crippen molar-refractivity contribution in [1.29, 1.82) is 0 Å². The van der Waals surface area contributed by atoms with Gasteiger partial charge in [-0.1, -0.05) is 31.8 Å². The summed E-state index contributed by atoms with van der Waals surface area (Å²) in [4.78, 5) is 35.2. The maximum absolute atomic E-state index is 14.0. The molecule has 0 fully saturated rings. The summed E-state index contributed by atoms with van der Waals surface area (Å²) in [6.07, 6.45) is -1.68. The second kappa shape index (κ2) is 12.6. The Morgan fingerprint density at radius 1 is 1.12 bits per heavy atom. The monoisotopic (exact) mass is 614 g/mol. The van der Waals surface area contributed by atoms with Gasteiger partial charge in [-0.2, -0.15) is 13.2 Å². The van der Waals surface area contributed by atoms with Gasteiger partial charge in [0, 0.05) is 38.1 Å². The molecule has 0 bridgehead atoms. The molecule has 0 aliphatic rings. The van der Waals surface area contributed by atoms with Gasteiger partial charge in [0.05, 0.1) is 23.8 Å². The fourth-order valence-corrected chi connectivity index (χ4v) is 5.20. The molecule has 13 heteroatoms. The number of halogens is 3. The molecule has 0 spiro atoms. The maximum atomic E-state index is 14.0. The molecule has 9 nitrogen and oxygen atoms in total. The summed E-state index contributed by atoms with van der Waals surface area (Å²) in [5, 5.41) is 9.90. The Kier molecular flexibility index (Phi) is 9.26. The molecule has 0 radical (unpaired) electrons. The summed E-state index contributed by atoms with van der Waals surface area (Å²) in [5.74, 6) is -0.791. The van der Waals surface area contributed by atoms with Crippen LogP contribution in [-0.4, -0.2) is 66.9 Å². The lowest BCUT2D eigenvalue weighted by molar-refractivity contribution is -0.122. The average molecular weight is 615 g/mol. The van der Waals surface area contributed by atoms with Crippen LogP contribution < -0.4 is 15.2 Å². The van der Waals surface area contributed by atoms with Gasteiger partial charge in [0.25, 0.3) is 5.56 Å². The van der Waals surface area contributed by atoms with E-state index in [9.17, 15) is 27.9 Å². The van der Waals surface area contributed by atoms with E-state index in [1.165, 1.54) is 36.2 Å². The summed E-state index contributed by atoms with van der Waals surface area (Å²) < 4.78 is 53.0. The van der Waals surface area contributed by atoms with Crippen LogP contribution in [0.3, 0.4) is 0 Å². The lowest BCUT2D eigenvalue weighted by atomic mass is 9.99. The van der Waals surface area contributed by atoms with Crippen molar-refractivity contribution in [3.05, 3.63) is 76.3 Å². The van der Waals surface area contributed by atoms with Crippen molar-refractivity contribution in [3.63, 3.8) is 0 Å². The minimum atomic E-state index is -4.56. The topological polar surface area (TPSA) is 107 Å². The third-order valence-corrected chi connectivity index (χ3v) is 8.44. The smallest absolute Gasteiger partial charge is 0.406 e. The molecule has 2 aromatic heterocycles. The van der Waals surface area contributed by atoms with Crippen molar-refractivity contribution in [3.8, 4) is 22.6 Å². The molecule has 0 aliphatic heterocycles. The minimum absolute atomic E-state index is 0.0570. The van der Waals surface area contributed by atoms with Crippen LogP contribution in [-0.2, 0) is 4.74 Å². The summed E-state index contributed by atoms with van der Waals surface area (Å²) in [6.45, 7) is 6.58. The quantitative estimate of drug-likeness (QED) is 0.122. The Hall–Kier alpha value is -4.23. The Bertz CT molecular complexity index is 1690. The molecule has 4 aromatic rings. The number of anilines is 1. The molecule has 0 unspecified atom stereocenters. The molecular formula is C30H33F3N4O5Si. The van der Waals surface area contributed by atoms with E-state index < -0.39 is 32.3 Å². The van der Waals surface area contributed by atoms with E-state index in [1.54, 1.807) is 37.3 Å². The zero-order valence-corrected chi connectivity index (χ0v) is 25.5. The standard InChI is InChI=1S/C30H33F3N4O5Si/c1-19-14-20(6-11-24(19)28(39)40)25-26-21(16-37(27(25)38)22-7-9-23(41-2)10-8-22)15-34-29(35-26)36(17-30(31,32)33)18-42-12-13-43(3,4)5/h6-11,14-16H,12-13,17-18H2,1-5H3,(H,39,40). The van der Waals surface area contributed by atoms with E-state index in [0.717, 1.165) is 10.9 Å². The van der Waals surface area contributed by atoms with Gasteiger partial charge in [-0.15, -0.1) is 0 Å². The highest BCUT2D eigenvalue weighted by Crippen LogP contribution is 2.29. The highest BCUT2D eigenvalue weighted by atomic mass is 28.3. The predicted octanol–water partition coefficient (Wildman–Crippen LogP) is 6.14. The van der Waals surface area contributed by atoms with E-state index in [0.29, 0.717) is 34.6 Å². The molecular weight excluding hydrogens is 581 g/mol. The van der Waals surface area contributed by atoms with Gasteiger partial charge >= 0.3 is 12.1 Å². The van der Waals surface area contributed by atoms with E-state index in [2.05, 4.69) is 29.6 Å². The van der Waals surface area contributed by atoms with Gasteiger partial charge in [-0.05, 0) is 54.4 Å². The van der Waals surface area contributed by atoms with Gasteiger partial charge in [0.15, 0.2) is 0 Å². The third-order valence-electron chi connectivity index (χ3n) is 6.73. The highest BCUT2D eigenvalue weighted by Gasteiger charge is 2.32. The Balaban J connectivity index is 1.89. The zero-order chi connectivity index (χ0) is 31.5. The molecule has 0 saturated carbocycles. The number of methoxy groups -OCH3 is 1. The van der Waals surface area contributed by atoms with Crippen molar-refractivity contribution >= 4 is 30.9 Å². The molecule has 0 saturated heterocycles. The highest BCUT2D eigenvalue weighted by molar-refractivity contribution is 6.76. The van der Waals surface area contributed by atoms with Gasteiger partial charge in [-0.3, -0.25) is 9.36 Å². The van der Waals surface area contributed by atoms with Crippen LogP contribution in [0.1, 0.15) is 15.9 Å². The fourth-order valence-electron chi connectivity index (χ4n) is 4.45. The molecule has 1 N–H and O–H groups in total. The summed E-state index contributed by atoms with van der Waals surface area (Å²) in [7, 11) is 0.0452. The second-order valence-electron chi connectivity index (χ2n) is 11.3. The molecule has 4 rings (SSSR count). The number of ether oxygens (including phenoxy) is 2. The van der Waals surface area contributed by atoms with E-state index in [4.69, 9.17) is 9.47 Å². The van der Waals surface area contributed by atoms with Crippen LogP contribution >= 0.6 is 0 Å². The van der Waals surface area contributed by atoms with Crippen LogP contribution in [0.25, 0.3) is 27.7 Å². The normalized spacial score (nSPS) is 12.0. The molecule has 0 atom stereocenters. The first-order valence-corrected chi connectivity index (χ1v) is 17.2. The first kappa shape index (κ1) is 31.7. The number of hydrogen-bond acceptors (Lipinski definition) is 7. The van der Waals surface area contributed by atoms with Crippen molar-refractivity contribution < 1.29 is 32.5 Å². The summed E-state index contributed by atoms with van der Waals surface area (Å²) >= 11 is 0. The maximum Gasteiger partial charge on any atom is 0.406 e. The molecule has 0 aliphatic carbocycles. The second-order valence-corrected chi connectivity index (χ2v) is 17.0. The zero-order valence-electron chi connectivity index (χ0n) is 24.5. The van der Waals surface area contributed by atoms with Crippen molar-refractivity contribution in [2.75, 3.05) is 31.9 Å². The number of aromatic carboxylic acids is 1. The minimum Gasteiger partial charge on any atom is -0.497 e.